The number of benzene rings is 1. The third-order valence-corrected chi connectivity index (χ3v) is 2.24. The molecule has 6 heteroatoms. The summed E-state index contributed by atoms with van der Waals surface area (Å²) >= 11 is 0. The van der Waals surface area contributed by atoms with Gasteiger partial charge in [0.05, 0.1) is 4.92 Å². The fraction of sp³-hybridized carbons (Fsp3) is 0.111. The van der Waals surface area contributed by atoms with E-state index in [2.05, 4.69) is 0 Å². The van der Waals surface area contributed by atoms with Crippen molar-refractivity contribution < 1.29 is 13.3 Å². The summed E-state index contributed by atoms with van der Waals surface area (Å²) in [6, 6.07) is 5.61. The minimum absolute atomic E-state index is 0.0218. The summed E-state index contributed by atoms with van der Waals surface area (Å²) < 4.78 is 21.6. The predicted octanol–water partition coefficient (Wildman–Crippen LogP) is 1.61. The molecular formula is C9H9NO4S. The van der Waals surface area contributed by atoms with Gasteiger partial charge in [-0.25, -0.2) is 8.42 Å². The second kappa shape index (κ2) is 4.22. The van der Waals surface area contributed by atoms with Crippen LogP contribution in [0, 0.1) is 10.1 Å². The van der Waals surface area contributed by atoms with E-state index in [1.807, 2.05) is 0 Å². The second-order valence-corrected chi connectivity index (χ2v) is 4.91. The molecule has 0 spiro atoms. The molecule has 0 aliphatic carbocycles. The SMILES string of the molecule is CS(=O)(=O)/C=C/c1ccc([N+](=O)[O-])cc1. The van der Waals surface area contributed by atoms with Crippen LogP contribution in [0.3, 0.4) is 0 Å². The molecular weight excluding hydrogens is 218 g/mol. The minimum atomic E-state index is -3.16. The van der Waals surface area contributed by atoms with Gasteiger partial charge >= 0.3 is 0 Å². The molecule has 0 aromatic heterocycles. The van der Waals surface area contributed by atoms with Crippen molar-refractivity contribution >= 4 is 21.6 Å². The molecule has 1 aromatic carbocycles. The molecule has 5 nitrogen and oxygen atoms in total. The maximum atomic E-state index is 10.8. The average Bonchev–Trinajstić information content (AvgIpc) is 2.14. The van der Waals surface area contributed by atoms with Crippen LogP contribution in [0.1, 0.15) is 5.56 Å². The van der Waals surface area contributed by atoms with Crippen molar-refractivity contribution in [3.05, 3.63) is 45.4 Å². The van der Waals surface area contributed by atoms with Crippen LogP contribution < -0.4 is 0 Å². The lowest BCUT2D eigenvalue weighted by Crippen LogP contribution is -1.88. The fourth-order valence-electron chi connectivity index (χ4n) is 0.909. The van der Waals surface area contributed by atoms with Gasteiger partial charge in [-0.3, -0.25) is 10.1 Å². The Morgan fingerprint density at radius 3 is 2.20 bits per heavy atom. The van der Waals surface area contributed by atoms with Gasteiger partial charge in [0.1, 0.15) is 0 Å². The van der Waals surface area contributed by atoms with Crippen LogP contribution in [0.15, 0.2) is 29.7 Å². The smallest absolute Gasteiger partial charge is 0.258 e. The van der Waals surface area contributed by atoms with Crippen molar-refractivity contribution in [2.45, 2.75) is 0 Å². The van der Waals surface area contributed by atoms with Gasteiger partial charge < -0.3 is 0 Å². The summed E-state index contributed by atoms with van der Waals surface area (Å²) in [6.45, 7) is 0. The number of nitro benzene ring substituents is 1. The zero-order valence-electron chi connectivity index (χ0n) is 7.95. The normalized spacial score (nSPS) is 11.8. The van der Waals surface area contributed by atoms with Gasteiger partial charge in [0.15, 0.2) is 9.84 Å². The van der Waals surface area contributed by atoms with E-state index in [1.165, 1.54) is 30.3 Å². The Morgan fingerprint density at radius 2 is 1.80 bits per heavy atom. The first-order chi connectivity index (χ1) is 6.88. The summed E-state index contributed by atoms with van der Waals surface area (Å²) in [7, 11) is -3.16. The molecule has 1 aromatic rings. The van der Waals surface area contributed by atoms with Crippen LogP contribution in [0.25, 0.3) is 6.08 Å². The highest BCUT2D eigenvalue weighted by Gasteiger charge is 2.02. The Morgan fingerprint density at radius 1 is 1.27 bits per heavy atom. The van der Waals surface area contributed by atoms with Gasteiger partial charge in [-0.2, -0.15) is 0 Å². The van der Waals surface area contributed by atoms with E-state index in [4.69, 9.17) is 0 Å². The third-order valence-electron chi connectivity index (χ3n) is 1.61. The zero-order valence-corrected chi connectivity index (χ0v) is 8.77. The molecule has 0 heterocycles. The van der Waals surface area contributed by atoms with E-state index >= 15 is 0 Å². The van der Waals surface area contributed by atoms with Crippen LogP contribution in [0.4, 0.5) is 5.69 Å². The highest BCUT2D eigenvalue weighted by molar-refractivity contribution is 7.93. The molecule has 0 aliphatic rings. The van der Waals surface area contributed by atoms with Gasteiger partial charge in [-0.15, -0.1) is 0 Å². The standard InChI is InChI=1S/C9H9NO4S/c1-15(13,14)7-6-8-2-4-9(5-3-8)10(11)12/h2-7H,1H3/b7-6+. The summed E-state index contributed by atoms with van der Waals surface area (Å²) in [5.41, 5.74) is 0.581. The van der Waals surface area contributed by atoms with Crippen molar-refractivity contribution in [3.8, 4) is 0 Å². The lowest BCUT2D eigenvalue weighted by molar-refractivity contribution is -0.384. The predicted molar refractivity (Wildman–Crippen MR) is 57.0 cm³/mol. The quantitative estimate of drug-likeness (QED) is 0.580. The molecule has 0 bridgehead atoms. The highest BCUT2D eigenvalue weighted by atomic mass is 32.2. The number of nitro groups is 1. The average molecular weight is 227 g/mol. The van der Waals surface area contributed by atoms with Crippen molar-refractivity contribution in [3.63, 3.8) is 0 Å². The first-order valence-electron chi connectivity index (χ1n) is 4.01. The van der Waals surface area contributed by atoms with Crippen LogP contribution in [0.2, 0.25) is 0 Å². The Balaban J connectivity index is 2.91. The molecule has 0 radical (unpaired) electrons. The number of sulfone groups is 1. The summed E-state index contributed by atoms with van der Waals surface area (Å²) in [6.07, 6.45) is 2.47. The van der Waals surface area contributed by atoms with Gasteiger partial charge in [0.25, 0.3) is 5.69 Å². The van der Waals surface area contributed by atoms with Crippen LogP contribution in [-0.4, -0.2) is 19.6 Å². The van der Waals surface area contributed by atoms with Gasteiger partial charge in [0.2, 0.25) is 0 Å². The van der Waals surface area contributed by atoms with Gasteiger partial charge in [-0.1, -0.05) is 0 Å². The number of hydrogen-bond donors (Lipinski definition) is 0. The number of nitrogens with zero attached hydrogens (tertiary/aromatic N) is 1. The number of rotatable bonds is 3. The van der Waals surface area contributed by atoms with Gasteiger partial charge in [-0.05, 0) is 23.8 Å². The van der Waals surface area contributed by atoms with Gasteiger partial charge in [0, 0.05) is 23.8 Å². The van der Waals surface area contributed by atoms with Crippen molar-refractivity contribution in [2.24, 2.45) is 0 Å². The molecule has 0 unspecified atom stereocenters. The third kappa shape index (κ3) is 3.90. The Labute approximate surface area is 87.1 Å². The van der Waals surface area contributed by atoms with Crippen LogP contribution in [0.5, 0.6) is 0 Å². The number of non-ortho nitro benzene ring substituents is 1. The molecule has 0 saturated heterocycles. The van der Waals surface area contributed by atoms with E-state index in [-0.39, 0.29) is 5.69 Å². The van der Waals surface area contributed by atoms with Crippen molar-refractivity contribution in [1.29, 1.82) is 0 Å². The highest BCUT2D eigenvalue weighted by Crippen LogP contribution is 2.13. The fourth-order valence-corrected chi connectivity index (χ4v) is 1.31. The van der Waals surface area contributed by atoms with Crippen molar-refractivity contribution in [2.75, 3.05) is 6.26 Å². The molecule has 0 atom stereocenters. The molecule has 0 aliphatic heterocycles. The number of hydrogen-bond acceptors (Lipinski definition) is 4. The minimum Gasteiger partial charge on any atom is -0.258 e. The Hall–Kier alpha value is -1.69. The zero-order chi connectivity index (χ0) is 11.5. The topological polar surface area (TPSA) is 77.3 Å². The Bertz CT molecular complexity index is 487. The van der Waals surface area contributed by atoms with E-state index < -0.39 is 14.8 Å². The van der Waals surface area contributed by atoms with E-state index in [0.717, 1.165) is 11.7 Å². The molecule has 15 heavy (non-hydrogen) atoms. The summed E-state index contributed by atoms with van der Waals surface area (Å²) in [5.74, 6) is 0. The largest absolute Gasteiger partial charge is 0.269 e. The summed E-state index contributed by atoms with van der Waals surface area (Å²) in [4.78, 5) is 9.81. The van der Waals surface area contributed by atoms with E-state index in [1.54, 1.807) is 0 Å². The summed E-state index contributed by atoms with van der Waals surface area (Å²) in [5, 5.41) is 11.4. The first kappa shape index (κ1) is 11.4. The molecule has 80 valence electrons. The Kier molecular flexibility index (Phi) is 3.21. The van der Waals surface area contributed by atoms with Crippen LogP contribution >= 0.6 is 0 Å². The lowest BCUT2D eigenvalue weighted by atomic mass is 10.2. The maximum Gasteiger partial charge on any atom is 0.269 e. The van der Waals surface area contributed by atoms with E-state index in [9.17, 15) is 18.5 Å². The van der Waals surface area contributed by atoms with E-state index in [0.29, 0.717) is 5.56 Å². The molecule has 0 fully saturated rings. The maximum absolute atomic E-state index is 10.8. The second-order valence-electron chi connectivity index (χ2n) is 2.98. The van der Waals surface area contributed by atoms with Crippen molar-refractivity contribution in [1.82, 2.24) is 0 Å². The first-order valence-corrected chi connectivity index (χ1v) is 5.96. The van der Waals surface area contributed by atoms with Crippen LogP contribution in [-0.2, 0) is 9.84 Å². The molecule has 0 N–H and O–H groups in total. The molecule has 1 rings (SSSR count). The monoisotopic (exact) mass is 227 g/mol. The molecule has 0 amide bonds. The molecule has 0 saturated carbocycles. The lowest BCUT2D eigenvalue weighted by Gasteiger charge is -1.93.